The van der Waals surface area contributed by atoms with E-state index in [0.717, 1.165) is 19.5 Å². The molecule has 0 saturated carbocycles. The zero-order valence-electron chi connectivity index (χ0n) is 11.4. The van der Waals surface area contributed by atoms with Crippen LogP contribution in [-0.2, 0) is 6.54 Å². The smallest absolute Gasteiger partial charge is 0.144 e. The average Bonchev–Trinajstić information content (AvgIpc) is 3.09. The van der Waals surface area contributed by atoms with Crippen molar-refractivity contribution in [3.8, 4) is 0 Å². The van der Waals surface area contributed by atoms with Crippen molar-refractivity contribution < 1.29 is 8.78 Å². The molecule has 0 aliphatic carbocycles. The number of nitrogens with zero attached hydrogens (tertiary/aromatic N) is 2. The van der Waals surface area contributed by atoms with Crippen LogP contribution in [-0.4, -0.2) is 42.0 Å². The minimum Gasteiger partial charge on any atom is -0.299 e. The van der Waals surface area contributed by atoms with Crippen molar-refractivity contribution in [3.05, 3.63) is 33.8 Å². The van der Waals surface area contributed by atoms with Crippen LogP contribution in [0.5, 0.6) is 0 Å². The van der Waals surface area contributed by atoms with E-state index in [4.69, 9.17) is 0 Å². The van der Waals surface area contributed by atoms with Gasteiger partial charge in [-0.2, -0.15) is 0 Å². The van der Waals surface area contributed by atoms with Crippen LogP contribution >= 0.6 is 15.9 Å². The van der Waals surface area contributed by atoms with Gasteiger partial charge in [-0.1, -0.05) is 0 Å². The summed E-state index contributed by atoms with van der Waals surface area (Å²) >= 11 is 3.13. The molecule has 0 radical (unpaired) electrons. The maximum absolute atomic E-state index is 14.0. The van der Waals surface area contributed by atoms with E-state index in [1.807, 2.05) is 0 Å². The van der Waals surface area contributed by atoms with Crippen molar-refractivity contribution in [3.63, 3.8) is 0 Å². The first-order chi connectivity index (χ1) is 9.65. The van der Waals surface area contributed by atoms with E-state index in [1.165, 1.54) is 38.1 Å². The van der Waals surface area contributed by atoms with Crippen molar-refractivity contribution >= 4 is 15.9 Å². The highest BCUT2D eigenvalue weighted by molar-refractivity contribution is 9.10. The molecule has 2 fully saturated rings. The highest BCUT2D eigenvalue weighted by Gasteiger charge is 2.30. The SMILES string of the molecule is Fc1ccc(Br)c(F)c1CN1CCC(N2CCCC2)C1. The van der Waals surface area contributed by atoms with Crippen LogP contribution in [0.1, 0.15) is 24.8 Å². The molecule has 20 heavy (non-hydrogen) atoms. The van der Waals surface area contributed by atoms with Crippen LogP contribution in [0.3, 0.4) is 0 Å². The maximum atomic E-state index is 14.0. The fourth-order valence-electron chi connectivity index (χ4n) is 3.30. The molecular formula is C15H19BrF2N2. The second-order valence-corrected chi connectivity index (χ2v) is 6.60. The first-order valence-electron chi connectivity index (χ1n) is 7.24. The minimum absolute atomic E-state index is 0.182. The van der Waals surface area contributed by atoms with Crippen LogP contribution < -0.4 is 0 Å². The molecule has 1 unspecified atom stereocenters. The number of halogens is 3. The largest absolute Gasteiger partial charge is 0.299 e. The van der Waals surface area contributed by atoms with Gasteiger partial charge in [-0.25, -0.2) is 8.78 Å². The molecule has 110 valence electrons. The number of hydrogen-bond donors (Lipinski definition) is 0. The summed E-state index contributed by atoms with van der Waals surface area (Å²) in [5.41, 5.74) is 0.182. The summed E-state index contributed by atoms with van der Waals surface area (Å²) in [5.74, 6) is -0.912. The van der Waals surface area contributed by atoms with Gasteiger partial charge < -0.3 is 0 Å². The van der Waals surface area contributed by atoms with Gasteiger partial charge in [0.2, 0.25) is 0 Å². The number of rotatable bonds is 3. The molecule has 0 N–H and O–H groups in total. The molecule has 0 bridgehead atoms. The summed E-state index contributed by atoms with van der Waals surface area (Å²) < 4.78 is 28.1. The fourth-order valence-corrected chi connectivity index (χ4v) is 3.67. The summed E-state index contributed by atoms with van der Waals surface area (Å²) in [5, 5.41) is 0. The molecule has 2 aliphatic rings. The zero-order chi connectivity index (χ0) is 14.1. The molecule has 0 aromatic heterocycles. The predicted octanol–water partition coefficient (Wildman–Crippen LogP) is 3.40. The second-order valence-electron chi connectivity index (χ2n) is 5.74. The van der Waals surface area contributed by atoms with E-state index in [0.29, 0.717) is 17.1 Å². The van der Waals surface area contributed by atoms with E-state index in [-0.39, 0.29) is 5.56 Å². The van der Waals surface area contributed by atoms with Crippen LogP contribution in [0.2, 0.25) is 0 Å². The third-order valence-electron chi connectivity index (χ3n) is 4.43. The maximum Gasteiger partial charge on any atom is 0.144 e. The molecule has 1 atom stereocenters. The third kappa shape index (κ3) is 2.90. The highest BCUT2D eigenvalue weighted by atomic mass is 79.9. The Balaban J connectivity index is 1.66. The van der Waals surface area contributed by atoms with Gasteiger partial charge in [-0.05, 0) is 60.4 Å². The Morgan fingerprint density at radius 2 is 1.90 bits per heavy atom. The van der Waals surface area contributed by atoms with E-state index in [9.17, 15) is 8.78 Å². The summed E-state index contributed by atoms with van der Waals surface area (Å²) in [6, 6.07) is 3.32. The molecule has 3 rings (SSSR count). The van der Waals surface area contributed by atoms with Crippen LogP contribution in [0.15, 0.2) is 16.6 Å². The normalized spacial score (nSPS) is 24.6. The first kappa shape index (κ1) is 14.4. The van der Waals surface area contributed by atoms with Crippen LogP contribution in [0.25, 0.3) is 0 Å². The lowest BCUT2D eigenvalue weighted by Gasteiger charge is -2.24. The van der Waals surface area contributed by atoms with Gasteiger partial charge in [0.15, 0.2) is 0 Å². The summed E-state index contributed by atoms with van der Waals surface area (Å²) in [6.45, 7) is 4.57. The molecule has 2 nitrogen and oxygen atoms in total. The van der Waals surface area contributed by atoms with Gasteiger partial charge in [-0.3, -0.25) is 9.80 Å². The Morgan fingerprint density at radius 3 is 2.65 bits per heavy atom. The lowest BCUT2D eigenvalue weighted by Crippen LogP contribution is -2.35. The van der Waals surface area contributed by atoms with Crippen molar-refractivity contribution in [1.29, 1.82) is 0 Å². The monoisotopic (exact) mass is 344 g/mol. The molecular weight excluding hydrogens is 326 g/mol. The first-order valence-corrected chi connectivity index (χ1v) is 8.03. The Kier molecular flexibility index (Phi) is 4.38. The summed E-state index contributed by atoms with van der Waals surface area (Å²) in [7, 11) is 0. The second kappa shape index (κ2) is 6.08. The van der Waals surface area contributed by atoms with Gasteiger partial charge in [0.1, 0.15) is 11.6 Å². The van der Waals surface area contributed by atoms with Gasteiger partial charge in [0.25, 0.3) is 0 Å². The third-order valence-corrected chi connectivity index (χ3v) is 5.04. The minimum atomic E-state index is -0.463. The summed E-state index contributed by atoms with van der Waals surface area (Å²) in [4.78, 5) is 4.69. The van der Waals surface area contributed by atoms with Crippen molar-refractivity contribution in [2.24, 2.45) is 0 Å². The molecule has 1 aromatic carbocycles. The predicted molar refractivity (Wildman–Crippen MR) is 78.5 cm³/mol. The quantitative estimate of drug-likeness (QED) is 0.775. The van der Waals surface area contributed by atoms with Crippen molar-refractivity contribution in [1.82, 2.24) is 9.80 Å². The Labute approximate surface area is 126 Å². The molecule has 2 saturated heterocycles. The Bertz CT molecular complexity index is 489. The molecule has 0 amide bonds. The van der Waals surface area contributed by atoms with Crippen molar-refractivity contribution in [2.45, 2.75) is 31.8 Å². The van der Waals surface area contributed by atoms with Crippen molar-refractivity contribution in [2.75, 3.05) is 26.2 Å². The highest BCUT2D eigenvalue weighted by Crippen LogP contribution is 2.26. The Morgan fingerprint density at radius 1 is 1.15 bits per heavy atom. The molecule has 2 heterocycles. The molecule has 1 aromatic rings. The van der Waals surface area contributed by atoms with E-state index >= 15 is 0 Å². The van der Waals surface area contributed by atoms with Gasteiger partial charge >= 0.3 is 0 Å². The van der Waals surface area contributed by atoms with E-state index in [2.05, 4.69) is 25.7 Å². The number of benzene rings is 1. The topological polar surface area (TPSA) is 6.48 Å². The molecule has 0 spiro atoms. The van der Waals surface area contributed by atoms with Gasteiger partial charge in [0.05, 0.1) is 4.47 Å². The van der Waals surface area contributed by atoms with Gasteiger partial charge in [-0.15, -0.1) is 0 Å². The number of likely N-dealkylation sites (tertiary alicyclic amines) is 2. The molecule has 5 heteroatoms. The number of hydrogen-bond acceptors (Lipinski definition) is 2. The summed E-state index contributed by atoms with van der Waals surface area (Å²) in [6.07, 6.45) is 3.67. The Hall–Kier alpha value is -0.520. The molecule has 2 aliphatic heterocycles. The van der Waals surface area contributed by atoms with Gasteiger partial charge in [0, 0.05) is 31.2 Å². The fraction of sp³-hybridized carbons (Fsp3) is 0.600. The van der Waals surface area contributed by atoms with E-state index < -0.39 is 11.6 Å². The zero-order valence-corrected chi connectivity index (χ0v) is 13.0. The van der Waals surface area contributed by atoms with E-state index in [1.54, 1.807) is 0 Å². The van der Waals surface area contributed by atoms with Crippen LogP contribution in [0.4, 0.5) is 8.78 Å². The average molecular weight is 345 g/mol. The lowest BCUT2D eigenvalue weighted by molar-refractivity contribution is 0.228. The standard InChI is InChI=1S/C15H19BrF2N2/c16-13-3-4-14(17)12(15(13)18)10-19-8-5-11(9-19)20-6-1-2-7-20/h3-4,11H,1-2,5-10H2. The lowest BCUT2D eigenvalue weighted by atomic mass is 10.2. The van der Waals surface area contributed by atoms with Crippen LogP contribution in [0, 0.1) is 11.6 Å².